The fourth-order valence-corrected chi connectivity index (χ4v) is 5.26. The van der Waals surface area contributed by atoms with E-state index in [-0.39, 0.29) is 29.6 Å². The van der Waals surface area contributed by atoms with E-state index in [1.165, 1.54) is 30.5 Å². The summed E-state index contributed by atoms with van der Waals surface area (Å²) in [4.78, 5) is 25.8. The third-order valence-electron chi connectivity index (χ3n) is 7.28. The molecule has 0 radical (unpaired) electrons. The van der Waals surface area contributed by atoms with E-state index in [4.69, 9.17) is 18.9 Å². The maximum Gasteiger partial charge on any atom is 0.283 e. The Balaban J connectivity index is 1.45. The van der Waals surface area contributed by atoms with Gasteiger partial charge in [0.05, 0.1) is 55.6 Å². The number of amides is 1. The van der Waals surface area contributed by atoms with Gasteiger partial charge in [0, 0.05) is 31.4 Å². The third kappa shape index (κ3) is 6.99. The van der Waals surface area contributed by atoms with Gasteiger partial charge >= 0.3 is 0 Å². The van der Waals surface area contributed by atoms with Crippen molar-refractivity contribution in [1.29, 1.82) is 5.26 Å². The molecule has 2 aromatic rings. The number of alkyl halides is 3. The Kier molecular flexibility index (Phi) is 9.74. The molecule has 1 aliphatic carbocycles. The maximum absolute atomic E-state index is 16.9. The standard InChI is InChI=1S/C29H32F3N7O5/c1-17(21-4-3-5-22(26(30)31)29(21,32)44-20-6-7-34-19(14-20)16-33)35-27-25(28-42-12-13-43-28)23(36-18(2)37-27)15-24(40)38-39-8-10-41-11-9-39/h3-7,14,17,21,26,28H,8-13,15H2,1-2H3,(H,38,40)(H,35,36,37). The second-order valence-electron chi connectivity index (χ2n) is 10.4. The predicted octanol–water partition coefficient (Wildman–Crippen LogP) is 2.93. The normalized spacial score (nSPS) is 23.2. The summed E-state index contributed by atoms with van der Waals surface area (Å²) in [5.74, 6) is -4.25. The molecule has 2 fully saturated rings. The molecule has 2 saturated heterocycles. The molecular weight excluding hydrogens is 583 g/mol. The Bertz CT molecular complexity index is 1460. The van der Waals surface area contributed by atoms with Gasteiger partial charge in [-0.3, -0.25) is 10.2 Å². The van der Waals surface area contributed by atoms with Gasteiger partial charge in [0.15, 0.2) is 6.29 Å². The minimum Gasteiger partial charge on any atom is -0.453 e. The van der Waals surface area contributed by atoms with Crippen LogP contribution in [0.1, 0.15) is 36.0 Å². The van der Waals surface area contributed by atoms with Gasteiger partial charge in [-0.2, -0.15) is 9.65 Å². The number of pyridine rings is 1. The molecule has 3 atom stereocenters. The quantitative estimate of drug-likeness (QED) is 0.407. The fraction of sp³-hybridized carbons (Fsp3) is 0.483. The summed E-state index contributed by atoms with van der Waals surface area (Å²) in [6, 6.07) is 3.38. The van der Waals surface area contributed by atoms with Crippen molar-refractivity contribution in [3.63, 3.8) is 0 Å². The number of anilines is 1. The molecule has 15 heteroatoms. The lowest BCUT2D eigenvalue weighted by atomic mass is 9.83. The Morgan fingerprint density at radius 1 is 1.25 bits per heavy atom. The van der Waals surface area contributed by atoms with Crippen LogP contribution in [0.5, 0.6) is 5.75 Å². The summed E-state index contributed by atoms with van der Waals surface area (Å²) in [5.41, 5.74) is 2.59. The van der Waals surface area contributed by atoms with Gasteiger partial charge in [-0.05, 0) is 19.9 Å². The van der Waals surface area contributed by atoms with E-state index >= 15 is 4.39 Å². The average molecular weight is 616 g/mol. The molecule has 2 aromatic heterocycles. The van der Waals surface area contributed by atoms with Gasteiger partial charge in [-0.25, -0.2) is 28.7 Å². The van der Waals surface area contributed by atoms with E-state index in [9.17, 15) is 18.8 Å². The highest BCUT2D eigenvalue weighted by Gasteiger charge is 2.51. The molecule has 5 rings (SSSR count). The first-order valence-electron chi connectivity index (χ1n) is 14.1. The first-order chi connectivity index (χ1) is 21.2. The number of halogens is 3. The molecule has 0 spiro atoms. The highest BCUT2D eigenvalue weighted by molar-refractivity contribution is 5.78. The number of aryl methyl sites for hydroxylation is 1. The Hall–Kier alpha value is -4.10. The molecule has 0 aromatic carbocycles. The highest BCUT2D eigenvalue weighted by atomic mass is 19.3. The number of carbonyl (C=O) groups is 1. The summed E-state index contributed by atoms with van der Waals surface area (Å²) in [5, 5.41) is 14.1. The van der Waals surface area contributed by atoms with Crippen molar-refractivity contribution in [3.05, 3.63) is 64.9 Å². The number of hydrogen-bond donors (Lipinski definition) is 2. The number of nitrogens with one attached hydrogen (secondary N) is 2. The summed E-state index contributed by atoms with van der Waals surface area (Å²) in [7, 11) is 0. The molecule has 0 bridgehead atoms. The Morgan fingerprint density at radius 3 is 2.70 bits per heavy atom. The number of nitriles is 1. The van der Waals surface area contributed by atoms with E-state index in [0.29, 0.717) is 56.6 Å². The van der Waals surface area contributed by atoms with Crippen LogP contribution in [0, 0.1) is 24.2 Å². The largest absolute Gasteiger partial charge is 0.453 e. The van der Waals surface area contributed by atoms with Crippen LogP contribution >= 0.6 is 0 Å². The smallest absolute Gasteiger partial charge is 0.283 e. The van der Waals surface area contributed by atoms with Crippen molar-refractivity contribution in [3.8, 4) is 11.8 Å². The molecule has 1 amide bonds. The zero-order chi connectivity index (χ0) is 31.3. The second kappa shape index (κ2) is 13.7. The van der Waals surface area contributed by atoms with Crippen LogP contribution in [0.25, 0.3) is 0 Å². The average Bonchev–Trinajstić information content (AvgIpc) is 3.51. The third-order valence-corrected chi connectivity index (χ3v) is 7.28. The van der Waals surface area contributed by atoms with Crippen molar-refractivity contribution in [2.24, 2.45) is 5.92 Å². The number of ether oxygens (including phenoxy) is 4. The number of aromatic nitrogens is 3. The number of rotatable bonds is 10. The summed E-state index contributed by atoms with van der Waals surface area (Å²) in [6.45, 7) is 5.87. The molecule has 3 aliphatic rings. The van der Waals surface area contributed by atoms with Crippen molar-refractivity contribution < 1.29 is 36.9 Å². The first-order valence-corrected chi connectivity index (χ1v) is 14.1. The van der Waals surface area contributed by atoms with Crippen LogP contribution in [0.15, 0.2) is 42.1 Å². The number of morpholine rings is 1. The number of hydrogen-bond acceptors (Lipinski definition) is 11. The lowest BCUT2D eigenvalue weighted by molar-refractivity contribution is -0.127. The van der Waals surface area contributed by atoms with Crippen LogP contribution in [0.4, 0.5) is 19.0 Å². The predicted molar refractivity (Wildman–Crippen MR) is 149 cm³/mol. The van der Waals surface area contributed by atoms with E-state index in [1.807, 2.05) is 6.07 Å². The highest BCUT2D eigenvalue weighted by Crippen LogP contribution is 2.43. The van der Waals surface area contributed by atoms with E-state index in [0.717, 1.165) is 6.08 Å². The molecule has 12 nitrogen and oxygen atoms in total. The molecule has 0 saturated carbocycles. The van der Waals surface area contributed by atoms with Crippen molar-refractivity contribution in [1.82, 2.24) is 25.4 Å². The van der Waals surface area contributed by atoms with Crippen molar-refractivity contribution in [2.75, 3.05) is 44.8 Å². The minimum absolute atomic E-state index is 0.0643. The van der Waals surface area contributed by atoms with Crippen molar-refractivity contribution in [2.45, 2.75) is 44.9 Å². The van der Waals surface area contributed by atoms with E-state index in [1.54, 1.807) is 18.9 Å². The summed E-state index contributed by atoms with van der Waals surface area (Å²) < 4.78 is 67.7. The van der Waals surface area contributed by atoms with Gasteiger partial charge in [-0.1, -0.05) is 18.2 Å². The van der Waals surface area contributed by atoms with E-state index in [2.05, 4.69) is 25.7 Å². The van der Waals surface area contributed by atoms with Gasteiger partial charge in [0.2, 0.25) is 5.91 Å². The lowest BCUT2D eigenvalue weighted by Gasteiger charge is -2.39. The van der Waals surface area contributed by atoms with Crippen LogP contribution in [-0.4, -0.2) is 83.7 Å². The first kappa shape index (κ1) is 31.3. The number of allylic oxidation sites excluding steroid dienone is 2. The molecule has 2 N–H and O–H groups in total. The SMILES string of the molecule is Cc1nc(CC(=O)NN2CCOCC2)c(C2OCCO2)c(NC(C)C2C=CC=C(C(F)F)C2(F)Oc2ccnc(C#N)c2)n1. The number of hydrazine groups is 1. The second-order valence-corrected chi connectivity index (χ2v) is 10.4. The zero-order valence-electron chi connectivity index (χ0n) is 24.1. The monoisotopic (exact) mass is 615 g/mol. The number of nitrogens with zero attached hydrogens (tertiary/aromatic N) is 5. The van der Waals surface area contributed by atoms with Crippen LogP contribution < -0.4 is 15.5 Å². The fourth-order valence-electron chi connectivity index (χ4n) is 5.26. The van der Waals surface area contributed by atoms with Gasteiger partial charge in [0.25, 0.3) is 12.3 Å². The van der Waals surface area contributed by atoms with Crippen molar-refractivity contribution >= 4 is 11.7 Å². The van der Waals surface area contributed by atoms with Gasteiger partial charge < -0.3 is 24.3 Å². The Morgan fingerprint density at radius 2 is 2.00 bits per heavy atom. The minimum atomic E-state index is -3.18. The van der Waals surface area contributed by atoms with Gasteiger partial charge in [0.1, 0.15) is 29.2 Å². The summed E-state index contributed by atoms with van der Waals surface area (Å²) >= 11 is 0. The number of carbonyl (C=O) groups excluding carboxylic acids is 1. The Labute approximate surface area is 251 Å². The topological polar surface area (TPSA) is 144 Å². The molecule has 3 unspecified atom stereocenters. The molecule has 2 aliphatic heterocycles. The van der Waals surface area contributed by atoms with Crippen LogP contribution in [0.3, 0.4) is 0 Å². The van der Waals surface area contributed by atoms with E-state index < -0.39 is 36.1 Å². The summed E-state index contributed by atoms with van der Waals surface area (Å²) in [6.07, 6.45) is 0.744. The van der Waals surface area contributed by atoms with Crippen LogP contribution in [-0.2, 0) is 25.4 Å². The van der Waals surface area contributed by atoms with Gasteiger partial charge in [-0.15, -0.1) is 0 Å². The molecular formula is C29H32F3N7O5. The van der Waals surface area contributed by atoms with Crippen LogP contribution in [0.2, 0.25) is 0 Å². The zero-order valence-corrected chi connectivity index (χ0v) is 24.1. The molecule has 44 heavy (non-hydrogen) atoms. The maximum atomic E-state index is 16.9. The molecule has 4 heterocycles. The molecule has 234 valence electrons. The lowest BCUT2D eigenvalue weighted by Crippen LogP contribution is -2.50.